The molecular weight excluding hydrogens is 426 g/mol. The summed E-state index contributed by atoms with van der Waals surface area (Å²) in [5.41, 5.74) is 20.5. The van der Waals surface area contributed by atoms with Crippen LogP contribution in [0.3, 0.4) is 0 Å². The smallest absolute Gasteiger partial charge is 0.292 e. The van der Waals surface area contributed by atoms with E-state index < -0.39 is 0 Å². The number of carbonyl (C=O) groups is 1. The van der Waals surface area contributed by atoms with E-state index in [0.29, 0.717) is 72.9 Å². The summed E-state index contributed by atoms with van der Waals surface area (Å²) in [6, 6.07) is 5.62. The summed E-state index contributed by atoms with van der Waals surface area (Å²) in [5.74, 6) is 0.313. The van der Waals surface area contributed by atoms with Gasteiger partial charge >= 0.3 is 0 Å². The van der Waals surface area contributed by atoms with Crippen LogP contribution in [-0.2, 0) is 16.1 Å². The number of hydrogen-bond donors (Lipinski definition) is 4. The molecule has 33 heavy (non-hydrogen) atoms. The minimum atomic E-state index is -0.0387. The van der Waals surface area contributed by atoms with Crippen molar-refractivity contribution in [3.8, 4) is 11.3 Å². The maximum absolute atomic E-state index is 11.8. The summed E-state index contributed by atoms with van der Waals surface area (Å²) in [6.07, 6.45) is 3.33. The van der Waals surface area contributed by atoms with Gasteiger partial charge in [0.05, 0.1) is 18.6 Å². The topological polar surface area (TPSA) is 186 Å². The molecule has 0 saturated heterocycles. The Bertz CT molecular complexity index is 1250. The molecule has 12 nitrogen and oxygen atoms in total. The number of amides is 1. The van der Waals surface area contributed by atoms with Gasteiger partial charge in [-0.2, -0.15) is 10.1 Å². The molecule has 12 heteroatoms. The van der Waals surface area contributed by atoms with Gasteiger partial charge in [0.15, 0.2) is 11.2 Å². The van der Waals surface area contributed by atoms with Crippen molar-refractivity contribution in [2.75, 3.05) is 37.8 Å². The lowest BCUT2D eigenvalue weighted by molar-refractivity contribution is -0.122. The molecule has 1 aromatic carbocycles. The molecule has 0 radical (unpaired) electrons. The summed E-state index contributed by atoms with van der Waals surface area (Å²) in [5, 5.41) is 8.33. The van der Waals surface area contributed by atoms with Crippen molar-refractivity contribution in [3.05, 3.63) is 24.5 Å². The van der Waals surface area contributed by atoms with E-state index in [1.807, 2.05) is 16.8 Å². The van der Waals surface area contributed by atoms with E-state index in [1.54, 1.807) is 6.07 Å². The third-order valence-corrected chi connectivity index (χ3v) is 5.09. The number of aromatic nitrogens is 5. The van der Waals surface area contributed by atoms with Gasteiger partial charge in [0, 0.05) is 31.6 Å². The van der Waals surface area contributed by atoms with Crippen molar-refractivity contribution in [3.63, 3.8) is 0 Å². The molecule has 0 aliphatic heterocycles. The Morgan fingerprint density at radius 3 is 2.91 bits per heavy atom. The number of carbonyl (C=O) groups excluding carboxylic acids is 1. The molecule has 7 N–H and O–H groups in total. The number of rotatable bonds is 11. The third kappa shape index (κ3) is 5.18. The van der Waals surface area contributed by atoms with Crippen LogP contribution in [0.1, 0.15) is 19.3 Å². The molecular formula is C21H27N9O3. The zero-order valence-electron chi connectivity index (χ0n) is 18.2. The van der Waals surface area contributed by atoms with E-state index in [1.165, 1.54) is 6.33 Å². The normalized spacial score (nSPS) is 11.4. The number of nitrogen functional groups attached to an aromatic ring is 2. The van der Waals surface area contributed by atoms with Crippen LogP contribution >= 0.6 is 0 Å². The van der Waals surface area contributed by atoms with Gasteiger partial charge in [0.1, 0.15) is 23.4 Å². The molecule has 0 bridgehead atoms. The maximum atomic E-state index is 11.8. The second kappa shape index (κ2) is 10.2. The highest BCUT2D eigenvalue weighted by Crippen LogP contribution is 2.32. The van der Waals surface area contributed by atoms with Crippen molar-refractivity contribution >= 4 is 39.9 Å². The Labute approximate surface area is 189 Å². The predicted octanol–water partition coefficient (Wildman–Crippen LogP) is 1.06. The lowest BCUT2D eigenvalue weighted by atomic mass is 10.1. The minimum absolute atomic E-state index is 0.0387. The molecule has 0 aliphatic rings. The molecule has 0 saturated carbocycles. The largest absolute Gasteiger partial charge is 0.424 e. The first kappa shape index (κ1) is 22.4. The Balaban J connectivity index is 1.42. The molecule has 1 amide bonds. The van der Waals surface area contributed by atoms with Crippen LogP contribution in [0.4, 0.5) is 11.8 Å². The summed E-state index contributed by atoms with van der Waals surface area (Å²) in [4.78, 5) is 24.5. The highest BCUT2D eigenvalue weighted by atomic mass is 16.5. The molecule has 0 spiro atoms. The van der Waals surface area contributed by atoms with E-state index in [4.69, 9.17) is 31.5 Å². The molecule has 4 aromatic rings. The van der Waals surface area contributed by atoms with Crippen LogP contribution in [-0.4, -0.2) is 56.9 Å². The van der Waals surface area contributed by atoms with Crippen LogP contribution in [0.2, 0.25) is 0 Å². The van der Waals surface area contributed by atoms with Gasteiger partial charge in [-0.05, 0) is 31.0 Å². The number of fused-ring (bicyclic) bond motifs is 2. The first-order valence-electron chi connectivity index (χ1n) is 10.7. The lowest BCUT2D eigenvalue weighted by Gasteiger charge is -2.06. The van der Waals surface area contributed by atoms with E-state index in [-0.39, 0.29) is 11.9 Å². The van der Waals surface area contributed by atoms with Crippen LogP contribution in [0, 0.1) is 0 Å². The number of benzene rings is 1. The highest BCUT2D eigenvalue weighted by molar-refractivity contribution is 5.99. The Morgan fingerprint density at radius 2 is 2.06 bits per heavy atom. The van der Waals surface area contributed by atoms with Crippen molar-refractivity contribution in [2.45, 2.75) is 25.8 Å². The SMILES string of the molecule is NCCOCCC(=O)NCCCCn1nc(-c2ccc3oc(N)nc3c2)c2c(N)ncnc21. The van der Waals surface area contributed by atoms with Gasteiger partial charge in [0.25, 0.3) is 6.01 Å². The summed E-state index contributed by atoms with van der Waals surface area (Å²) >= 11 is 0. The number of nitrogens with zero attached hydrogens (tertiary/aromatic N) is 5. The number of oxazole rings is 1. The van der Waals surface area contributed by atoms with Gasteiger partial charge in [0.2, 0.25) is 5.91 Å². The van der Waals surface area contributed by atoms with Crippen LogP contribution in [0.15, 0.2) is 28.9 Å². The Kier molecular flexibility index (Phi) is 6.95. The van der Waals surface area contributed by atoms with Crippen molar-refractivity contribution in [1.29, 1.82) is 0 Å². The zero-order valence-corrected chi connectivity index (χ0v) is 18.2. The van der Waals surface area contributed by atoms with Gasteiger partial charge in [-0.1, -0.05) is 0 Å². The fourth-order valence-corrected chi connectivity index (χ4v) is 3.53. The fraction of sp³-hybridized carbons (Fsp3) is 0.381. The zero-order chi connectivity index (χ0) is 23.2. The first-order chi connectivity index (χ1) is 16.1. The van der Waals surface area contributed by atoms with E-state index in [0.717, 1.165) is 18.4 Å². The molecule has 3 aromatic heterocycles. The molecule has 0 fully saturated rings. The van der Waals surface area contributed by atoms with Gasteiger partial charge in [-0.15, -0.1) is 0 Å². The molecule has 0 atom stereocenters. The van der Waals surface area contributed by atoms with Gasteiger partial charge < -0.3 is 31.7 Å². The van der Waals surface area contributed by atoms with E-state index >= 15 is 0 Å². The maximum Gasteiger partial charge on any atom is 0.292 e. The predicted molar refractivity (Wildman–Crippen MR) is 124 cm³/mol. The molecule has 174 valence electrons. The monoisotopic (exact) mass is 453 g/mol. The number of nitrogens with two attached hydrogens (primary N) is 3. The second-order valence-corrected chi connectivity index (χ2v) is 7.47. The van der Waals surface area contributed by atoms with Crippen molar-refractivity contribution in [1.82, 2.24) is 30.0 Å². The summed E-state index contributed by atoms with van der Waals surface area (Å²) in [7, 11) is 0. The quantitative estimate of drug-likeness (QED) is 0.239. The van der Waals surface area contributed by atoms with Gasteiger partial charge in [-0.25, -0.2) is 14.6 Å². The second-order valence-electron chi connectivity index (χ2n) is 7.47. The average molecular weight is 454 g/mol. The van der Waals surface area contributed by atoms with E-state index in [9.17, 15) is 4.79 Å². The van der Waals surface area contributed by atoms with Gasteiger partial charge in [-0.3, -0.25) is 4.79 Å². The summed E-state index contributed by atoms with van der Waals surface area (Å²) < 4.78 is 12.4. The highest BCUT2D eigenvalue weighted by Gasteiger charge is 2.18. The standard InChI is InChI=1S/C21H27N9O3/c22-6-10-32-9-5-16(31)25-7-1-2-8-30-20-17(19(23)26-12-27-20)18(29-30)13-3-4-15-14(11-13)28-21(24)33-15/h3-4,11-12H,1-2,5-10,22H2,(H2,24,28)(H,25,31)(H2,23,26,27). The first-order valence-corrected chi connectivity index (χ1v) is 10.7. The number of unbranched alkanes of at least 4 members (excludes halogenated alkanes) is 1. The minimum Gasteiger partial charge on any atom is -0.424 e. The molecule has 4 rings (SSSR count). The Morgan fingerprint density at radius 1 is 1.18 bits per heavy atom. The van der Waals surface area contributed by atoms with Crippen LogP contribution in [0.25, 0.3) is 33.4 Å². The number of nitrogens with one attached hydrogen (secondary N) is 1. The van der Waals surface area contributed by atoms with Crippen molar-refractivity contribution in [2.24, 2.45) is 5.73 Å². The third-order valence-electron chi connectivity index (χ3n) is 5.09. The average Bonchev–Trinajstić information content (AvgIpc) is 3.36. The molecule has 0 aliphatic carbocycles. The van der Waals surface area contributed by atoms with Crippen molar-refractivity contribution < 1.29 is 13.9 Å². The lowest BCUT2D eigenvalue weighted by Crippen LogP contribution is -2.26. The number of aryl methyl sites for hydroxylation is 1. The number of ether oxygens (including phenoxy) is 1. The molecule has 0 unspecified atom stereocenters. The number of hydrogen-bond acceptors (Lipinski definition) is 10. The van der Waals surface area contributed by atoms with Crippen LogP contribution < -0.4 is 22.5 Å². The fourth-order valence-electron chi connectivity index (χ4n) is 3.53. The van der Waals surface area contributed by atoms with E-state index in [2.05, 4.69) is 20.3 Å². The Hall–Kier alpha value is -3.77. The van der Waals surface area contributed by atoms with Crippen LogP contribution in [0.5, 0.6) is 0 Å². The number of anilines is 2. The molecule has 3 heterocycles. The summed E-state index contributed by atoms with van der Waals surface area (Å²) in [6.45, 7) is 2.47.